The maximum absolute atomic E-state index is 12.7. The van der Waals surface area contributed by atoms with E-state index in [0.717, 1.165) is 3.58 Å². The molecule has 34 heavy (non-hydrogen) atoms. The van der Waals surface area contributed by atoms with Gasteiger partial charge in [-0.3, -0.25) is 5.32 Å². The molecule has 182 valence electrons. The van der Waals surface area contributed by atoms with E-state index in [1.807, 2.05) is 6.07 Å². The number of hydrogen-bond acceptors (Lipinski definition) is 6. The number of carbonyl (C=O) groups excluding carboxylic acids is 2. The fourth-order valence-electron chi connectivity index (χ4n) is 2.95. The van der Waals surface area contributed by atoms with Crippen molar-refractivity contribution in [2.75, 3.05) is 17.2 Å². The molecule has 0 fully saturated rings. The van der Waals surface area contributed by atoms with Crippen molar-refractivity contribution in [3.63, 3.8) is 0 Å². The van der Waals surface area contributed by atoms with Gasteiger partial charge in [0, 0.05) is 0 Å². The van der Waals surface area contributed by atoms with Crippen molar-refractivity contribution in [3.05, 3.63) is 48.0 Å². The molecular formula is C25H33N3O5Sn. The van der Waals surface area contributed by atoms with Gasteiger partial charge in [0.1, 0.15) is 5.60 Å². The van der Waals surface area contributed by atoms with Gasteiger partial charge in [-0.1, -0.05) is 0 Å². The van der Waals surface area contributed by atoms with Crippen LogP contribution in [0.1, 0.15) is 33.3 Å². The van der Waals surface area contributed by atoms with E-state index < -0.39 is 41.6 Å². The van der Waals surface area contributed by atoms with E-state index in [4.69, 9.17) is 9.47 Å². The number of nitrogens with zero attached hydrogens (tertiary/aromatic N) is 1. The van der Waals surface area contributed by atoms with Crippen LogP contribution in [0.15, 0.2) is 42.5 Å². The topological polar surface area (TPSA) is 121 Å². The number of anilines is 2. The first kappa shape index (κ1) is 27.5. The Bertz CT molecular complexity index is 1080. The first-order chi connectivity index (χ1) is 15.6. The van der Waals surface area contributed by atoms with Gasteiger partial charge < -0.3 is 4.74 Å². The number of rotatable bonds is 7. The molecule has 2 aromatic rings. The van der Waals surface area contributed by atoms with Crippen molar-refractivity contribution in [3.8, 4) is 11.8 Å². The first-order valence-corrected chi connectivity index (χ1v) is 20.9. The third kappa shape index (κ3) is 8.22. The van der Waals surface area contributed by atoms with Gasteiger partial charge in [-0.2, -0.15) is 0 Å². The summed E-state index contributed by atoms with van der Waals surface area (Å²) in [7, 11) is 0. The third-order valence-corrected chi connectivity index (χ3v) is 10.5. The SMILES string of the molecule is CC(C)(C)OC(=O)Nc1ccc(OC[C@](C)(O)C(=O)Nc2ccc(C#N)[c]([Sn]([CH3])([CH3])[CH3])c2)cc1. The number of carbonyl (C=O) groups is 2. The van der Waals surface area contributed by atoms with Crippen molar-refractivity contribution in [2.24, 2.45) is 0 Å². The summed E-state index contributed by atoms with van der Waals surface area (Å²) in [4.78, 5) is 31.1. The molecule has 1 atom stereocenters. The van der Waals surface area contributed by atoms with Crippen LogP contribution in [0.3, 0.4) is 0 Å². The molecule has 0 bridgehead atoms. The number of hydrogen-bond donors (Lipinski definition) is 3. The van der Waals surface area contributed by atoms with Crippen LogP contribution in [0.2, 0.25) is 14.8 Å². The third-order valence-electron chi connectivity index (χ3n) is 4.71. The minimum atomic E-state index is -2.59. The van der Waals surface area contributed by atoms with Crippen LogP contribution < -0.4 is 18.9 Å². The van der Waals surface area contributed by atoms with Gasteiger partial charge in [0.25, 0.3) is 0 Å². The number of amides is 2. The monoisotopic (exact) mass is 575 g/mol. The van der Waals surface area contributed by atoms with E-state index in [-0.39, 0.29) is 6.61 Å². The predicted molar refractivity (Wildman–Crippen MR) is 135 cm³/mol. The minimum absolute atomic E-state index is 0.278. The van der Waals surface area contributed by atoms with Gasteiger partial charge in [0.05, 0.1) is 0 Å². The molecule has 0 aliphatic heterocycles. The predicted octanol–water partition coefficient (Wildman–Crippen LogP) is 4.22. The fraction of sp³-hybridized carbons (Fsp3) is 0.400. The number of ether oxygens (including phenoxy) is 2. The molecule has 0 spiro atoms. The van der Waals surface area contributed by atoms with Gasteiger partial charge in [0.2, 0.25) is 0 Å². The van der Waals surface area contributed by atoms with E-state index in [2.05, 4.69) is 31.5 Å². The molecule has 0 saturated carbocycles. The molecule has 0 aliphatic carbocycles. The Kier molecular flexibility index (Phi) is 8.61. The average molecular weight is 574 g/mol. The molecule has 2 rings (SSSR count). The van der Waals surface area contributed by atoms with Gasteiger partial charge in [-0.15, -0.1) is 0 Å². The van der Waals surface area contributed by atoms with Crippen molar-refractivity contribution < 1.29 is 24.2 Å². The molecule has 3 N–H and O–H groups in total. The standard InChI is InChI=1S/C22H24N3O5.3CH3.Sn/c1-21(2,3)30-20(27)25-17-9-11-18(12-10-17)29-14-22(4,28)19(26)24-16-7-5-15(13-23)6-8-16;;;;/h5,7-12,28H,14H2,1-4H3,(H,24,26)(H,25,27);3*1H3;/t22-;;;;/m0..../s1. The van der Waals surface area contributed by atoms with Crippen molar-refractivity contribution in [2.45, 2.75) is 53.7 Å². The van der Waals surface area contributed by atoms with E-state index >= 15 is 0 Å². The molecule has 8 nitrogen and oxygen atoms in total. The molecule has 0 aromatic heterocycles. The Morgan fingerprint density at radius 2 is 1.59 bits per heavy atom. The Balaban J connectivity index is 1.99. The van der Waals surface area contributed by atoms with Crippen molar-refractivity contribution in [1.82, 2.24) is 0 Å². The molecule has 0 saturated heterocycles. The molecule has 2 amide bonds. The molecule has 0 radical (unpaired) electrons. The Hall–Kier alpha value is -2.77. The van der Waals surface area contributed by atoms with Gasteiger partial charge in [-0.05, 0) is 20.8 Å². The normalized spacial score (nSPS) is 13.3. The Morgan fingerprint density at radius 1 is 1.00 bits per heavy atom. The second-order valence-electron chi connectivity index (χ2n) is 10.3. The second-order valence-corrected chi connectivity index (χ2v) is 24.7. The Morgan fingerprint density at radius 3 is 2.12 bits per heavy atom. The van der Waals surface area contributed by atoms with Gasteiger partial charge in [-0.25, -0.2) is 4.79 Å². The van der Waals surface area contributed by atoms with E-state index in [9.17, 15) is 20.0 Å². The van der Waals surface area contributed by atoms with E-state index in [0.29, 0.717) is 22.7 Å². The van der Waals surface area contributed by atoms with Crippen LogP contribution in [-0.2, 0) is 9.53 Å². The summed E-state index contributed by atoms with van der Waals surface area (Å²) < 4.78 is 11.8. The second kappa shape index (κ2) is 10.7. The van der Waals surface area contributed by atoms with Crippen molar-refractivity contribution >= 4 is 45.3 Å². The van der Waals surface area contributed by atoms with Crippen LogP contribution in [-0.4, -0.2) is 53.3 Å². The number of nitriles is 1. The van der Waals surface area contributed by atoms with E-state index in [1.54, 1.807) is 57.2 Å². The van der Waals surface area contributed by atoms with E-state index in [1.165, 1.54) is 6.92 Å². The van der Waals surface area contributed by atoms with Crippen LogP contribution in [0.4, 0.5) is 16.2 Å². The molecule has 0 unspecified atom stereocenters. The van der Waals surface area contributed by atoms with Crippen LogP contribution in [0.5, 0.6) is 5.75 Å². The number of benzene rings is 2. The zero-order valence-electron chi connectivity index (χ0n) is 20.8. The van der Waals surface area contributed by atoms with Crippen molar-refractivity contribution in [1.29, 1.82) is 5.26 Å². The van der Waals surface area contributed by atoms with Gasteiger partial charge in [0.15, 0.2) is 0 Å². The molecule has 0 heterocycles. The summed E-state index contributed by atoms with van der Waals surface area (Å²) >= 11 is -2.59. The molecule has 9 heteroatoms. The fourth-order valence-corrected chi connectivity index (χ4v) is 7.33. The summed E-state index contributed by atoms with van der Waals surface area (Å²) in [6.45, 7) is 6.42. The summed E-state index contributed by atoms with van der Waals surface area (Å²) in [5, 5.41) is 25.4. The average Bonchev–Trinajstić information content (AvgIpc) is 2.71. The Labute approximate surface area is 205 Å². The molecule has 0 aliphatic rings. The summed E-state index contributed by atoms with van der Waals surface area (Å²) in [5.41, 5.74) is -0.725. The quantitative estimate of drug-likeness (QED) is 0.426. The van der Waals surface area contributed by atoms with Crippen LogP contribution in [0, 0.1) is 11.3 Å². The molecule has 2 aromatic carbocycles. The zero-order chi connectivity index (χ0) is 25.7. The first-order valence-electron chi connectivity index (χ1n) is 10.9. The summed E-state index contributed by atoms with van der Waals surface area (Å²) in [6, 6.07) is 13.9. The summed E-state index contributed by atoms with van der Waals surface area (Å²) in [5.74, 6) is -0.194. The number of aliphatic hydroxyl groups is 1. The van der Waals surface area contributed by atoms with Gasteiger partial charge >= 0.3 is 164 Å². The summed E-state index contributed by atoms with van der Waals surface area (Å²) in [6.07, 6.45) is -0.567. The molecular weight excluding hydrogens is 541 g/mol. The zero-order valence-corrected chi connectivity index (χ0v) is 23.6. The van der Waals surface area contributed by atoms with Crippen LogP contribution in [0.25, 0.3) is 0 Å². The number of nitrogens with one attached hydrogen (secondary N) is 2. The maximum atomic E-state index is 12.7. The van der Waals surface area contributed by atoms with Crippen LogP contribution >= 0.6 is 0 Å².